The molecular formula is C20H22N6O2S2. The second-order valence-electron chi connectivity index (χ2n) is 7.36. The van der Waals surface area contributed by atoms with Gasteiger partial charge in [0.1, 0.15) is 5.00 Å². The van der Waals surface area contributed by atoms with E-state index in [1.165, 1.54) is 23.1 Å². The van der Waals surface area contributed by atoms with Gasteiger partial charge in [-0.25, -0.2) is 0 Å². The van der Waals surface area contributed by atoms with Crippen LogP contribution in [-0.4, -0.2) is 37.3 Å². The quantitative estimate of drug-likeness (QED) is 0.567. The Balaban J connectivity index is 1.45. The van der Waals surface area contributed by atoms with E-state index in [0.717, 1.165) is 35.3 Å². The lowest BCUT2D eigenvalue weighted by Crippen LogP contribution is -2.20. The number of aromatic nitrogens is 4. The first kappa shape index (κ1) is 20.5. The molecule has 1 aliphatic rings. The zero-order valence-electron chi connectivity index (χ0n) is 16.7. The van der Waals surface area contributed by atoms with E-state index in [2.05, 4.69) is 27.4 Å². The highest BCUT2D eigenvalue weighted by Gasteiger charge is 2.27. The van der Waals surface area contributed by atoms with Crippen LogP contribution in [0.3, 0.4) is 0 Å². The molecule has 0 radical (unpaired) electrons. The van der Waals surface area contributed by atoms with E-state index in [1.54, 1.807) is 12.4 Å². The topological polar surface area (TPSA) is 116 Å². The number of primary amides is 1. The van der Waals surface area contributed by atoms with Gasteiger partial charge in [0.05, 0.1) is 11.3 Å². The number of nitrogens with zero attached hydrogens (tertiary/aromatic N) is 4. The minimum absolute atomic E-state index is 0.149. The fourth-order valence-corrected chi connectivity index (χ4v) is 5.72. The Bertz CT molecular complexity index is 1090. The summed E-state index contributed by atoms with van der Waals surface area (Å²) < 4.78 is 1.83. The van der Waals surface area contributed by atoms with Crippen LogP contribution in [0.15, 0.2) is 29.7 Å². The lowest BCUT2D eigenvalue weighted by Gasteiger charge is -2.18. The van der Waals surface area contributed by atoms with Crippen molar-refractivity contribution in [1.82, 2.24) is 19.7 Å². The Kier molecular flexibility index (Phi) is 5.87. The Morgan fingerprint density at radius 1 is 1.40 bits per heavy atom. The number of carbonyl (C=O) groups excluding carboxylic acids is 2. The molecule has 3 N–H and O–H groups in total. The number of thiophene rings is 1. The molecule has 0 bridgehead atoms. The predicted molar refractivity (Wildman–Crippen MR) is 118 cm³/mol. The lowest BCUT2D eigenvalue weighted by atomic mass is 9.88. The molecular weight excluding hydrogens is 420 g/mol. The van der Waals surface area contributed by atoms with Crippen LogP contribution < -0.4 is 11.1 Å². The van der Waals surface area contributed by atoms with E-state index in [1.807, 2.05) is 23.7 Å². The molecule has 0 saturated carbocycles. The molecule has 3 aromatic rings. The average Bonchev–Trinajstić information content (AvgIpc) is 3.26. The summed E-state index contributed by atoms with van der Waals surface area (Å²) in [6.07, 6.45) is 6.19. The maximum atomic E-state index is 12.6. The van der Waals surface area contributed by atoms with Gasteiger partial charge in [0.15, 0.2) is 11.0 Å². The van der Waals surface area contributed by atoms with Crippen LogP contribution in [-0.2, 0) is 24.7 Å². The molecule has 0 aromatic carbocycles. The number of nitrogens with one attached hydrogen (secondary N) is 1. The summed E-state index contributed by atoms with van der Waals surface area (Å²) in [4.78, 5) is 29.9. The van der Waals surface area contributed by atoms with E-state index in [0.29, 0.717) is 27.5 Å². The summed E-state index contributed by atoms with van der Waals surface area (Å²) in [6.45, 7) is 2.20. The number of rotatable bonds is 6. The van der Waals surface area contributed by atoms with Crippen LogP contribution in [0, 0.1) is 5.92 Å². The number of thioether (sulfide) groups is 1. The maximum absolute atomic E-state index is 12.6. The van der Waals surface area contributed by atoms with Crippen molar-refractivity contribution in [2.45, 2.75) is 31.3 Å². The predicted octanol–water partition coefficient (Wildman–Crippen LogP) is 2.89. The van der Waals surface area contributed by atoms with Crippen molar-refractivity contribution in [3.05, 3.63) is 40.5 Å². The molecule has 3 aromatic heterocycles. The van der Waals surface area contributed by atoms with E-state index in [-0.39, 0.29) is 11.7 Å². The van der Waals surface area contributed by atoms with Crippen molar-refractivity contribution >= 4 is 39.9 Å². The molecule has 0 aliphatic heterocycles. The van der Waals surface area contributed by atoms with Crippen molar-refractivity contribution in [3.8, 4) is 11.4 Å². The summed E-state index contributed by atoms with van der Waals surface area (Å²) in [6, 6.07) is 3.74. The number of pyridine rings is 1. The van der Waals surface area contributed by atoms with Crippen molar-refractivity contribution < 1.29 is 9.59 Å². The molecule has 0 fully saturated rings. The smallest absolute Gasteiger partial charge is 0.251 e. The third-order valence-electron chi connectivity index (χ3n) is 5.10. The average molecular weight is 443 g/mol. The van der Waals surface area contributed by atoms with Crippen molar-refractivity contribution in [1.29, 1.82) is 0 Å². The molecule has 1 atom stereocenters. The van der Waals surface area contributed by atoms with Gasteiger partial charge >= 0.3 is 0 Å². The van der Waals surface area contributed by atoms with E-state index in [4.69, 9.17) is 5.73 Å². The van der Waals surface area contributed by atoms with Crippen molar-refractivity contribution in [2.24, 2.45) is 18.7 Å². The number of hydrogen-bond donors (Lipinski definition) is 2. The second-order valence-corrected chi connectivity index (χ2v) is 9.41. The maximum Gasteiger partial charge on any atom is 0.251 e. The van der Waals surface area contributed by atoms with Crippen LogP contribution in [0.5, 0.6) is 0 Å². The minimum atomic E-state index is -0.487. The lowest BCUT2D eigenvalue weighted by molar-refractivity contribution is -0.113. The summed E-state index contributed by atoms with van der Waals surface area (Å²) in [5.41, 5.74) is 7.95. The van der Waals surface area contributed by atoms with Crippen LogP contribution >= 0.6 is 23.1 Å². The van der Waals surface area contributed by atoms with E-state index < -0.39 is 5.91 Å². The van der Waals surface area contributed by atoms with Crippen LogP contribution in [0.2, 0.25) is 0 Å². The Labute approximate surface area is 182 Å². The molecule has 0 unspecified atom stereocenters. The first-order valence-electron chi connectivity index (χ1n) is 9.60. The monoisotopic (exact) mass is 442 g/mol. The standard InChI is InChI=1S/C20H22N6O2S2/c1-11-5-6-13-14(8-11)30-19(16(13)17(21)28)23-15(27)10-29-20-25-24-18(26(20)2)12-4-3-7-22-9-12/h3-4,7,9,11H,5-6,8,10H2,1-2H3,(H2,21,28)(H,23,27)/t11-/m0/s1. The number of carbonyl (C=O) groups is 2. The van der Waals surface area contributed by atoms with Gasteiger partial charge in [-0.2, -0.15) is 0 Å². The molecule has 8 nitrogen and oxygen atoms in total. The molecule has 156 valence electrons. The van der Waals surface area contributed by atoms with E-state index >= 15 is 0 Å². The number of fused-ring (bicyclic) bond motifs is 1. The van der Waals surface area contributed by atoms with Gasteiger partial charge in [0.2, 0.25) is 5.91 Å². The first-order valence-corrected chi connectivity index (χ1v) is 11.4. The van der Waals surface area contributed by atoms with Gasteiger partial charge in [0.25, 0.3) is 5.91 Å². The third kappa shape index (κ3) is 4.10. The van der Waals surface area contributed by atoms with Gasteiger partial charge in [0, 0.05) is 29.9 Å². The summed E-state index contributed by atoms with van der Waals surface area (Å²) >= 11 is 2.75. The summed E-state index contributed by atoms with van der Waals surface area (Å²) in [7, 11) is 1.85. The Hall–Kier alpha value is -2.72. The zero-order chi connectivity index (χ0) is 21.3. The first-order chi connectivity index (χ1) is 14.4. The Morgan fingerprint density at radius 2 is 2.23 bits per heavy atom. The zero-order valence-corrected chi connectivity index (χ0v) is 18.3. The highest BCUT2D eigenvalue weighted by atomic mass is 32.2. The molecule has 4 rings (SSSR count). The number of amides is 2. The number of anilines is 1. The number of hydrogen-bond acceptors (Lipinski definition) is 7. The van der Waals surface area contributed by atoms with Crippen LogP contribution in [0.1, 0.15) is 34.1 Å². The molecule has 3 heterocycles. The highest BCUT2D eigenvalue weighted by Crippen LogP contribution is 2.39. The SMILES string of the molecule is C[C@H]1CCc2c(sc(NC(=O)CSc3nnc(-c4cccnc4)n3C)c2C(N)=O)C1. The van der Waals surface area contributed by atoms with Crippen molar-refractivity contribution in [2.75, 3.05) is 11.1 Å². The highest BCUT2D eigenvalue weighted by molar-refractivity contribution is 7.99. The van der Waals surface area contributed by atoms with Gasteiger partial charge in [-0.05, 0) is 42.9 Å². The molecule has 0 spiro atoms. The third-order valence-corrected chi connectivity index (χ3v) is 7.29. The van der Waals surface area contributed by atoms with Gasteiger partial charge < -0.3 is 15.6 Å². The molecule has 1 aliphatic carbocycles. The summed E-state index contributed by atoms with van der Waals surface area (Å²) in [5, 5.41) is 12.4. The fourth-order valence-electron chi connectivity index (χ4n) is 3.58. The van der Waals surface area contributed by atoms with Gasteiger partial charge in [-0.15, -0.1) is 21.5 Å². The van der Waals surface area contributed by atoms with Crippen LogP contribution in [0.25, 0.3) is 11.4 Å². The van der Waals surface area contributed by atoms with Crippen LogP contribution in [0.4, 0.5) is 5.00 Å². The number of nitrogens with two attached hydrogens (primary N) is 1. The largest absolute Gasteiger partial charge is 0.365 e. The summed E-state index contributed by atoms with van der Waals surface area (Å²) in [5.74, 6) is 0.707. The Morgan fingerprint density at radius 3 is 2.97 bits per heavy atom. The van der Waals surface area contributed by atoms with E-state index in [9.17, 15) is 9.59 Å². The van der Waals surface area contributed by atoms with Crippen molar-refractivity contribution in [3.63, 3.8) is 0 Å². The second kappa shape index (κ2) is 8.57. The molecule has 0 saturated heterocycles. The fraction of sp³-hybridized carbons (Fsp3) is 0.350. The molecule has 2 amide bonds. The van der Waals surface area contributed by atoms with Gasteiger partial charge in [-0.1, -0.05) is 18.7 Å². The van der Waals surface area contributed by atoms with Gasteiger partial charge in [-0.3, -0.25) is 14.6 Å². The molecule has 30 heavy (non-hydrogen) atoms. The molecule has 10 heteroatoms. The minimum Gasteiger partial charge on any atom is -0.365 e. The normalized spacial score (nSPS) is 15.6.